The Bertz CT molecular complexity index is 427. The van der Waals surface area contributed by atoms with Crippen LogP contribution in [0.25, 0.3) is 0 Å². The zero-order chi connectivity index (χ0) is 14.0. The molecular weight excluding hydrogens is 241 g/mol. The van der Waals surface area contributed by atoms with Crippen molar-refractivity contribution >= 4 is 5.78 Å². The highest BCUT2D eigenvalue weighted by molar-refractivity contribution is 5.97. The lowest BCUT2D eigenvalue weighted by Crippen LogP contribution is -2.15. The van der Waals surface area contributed by atoms with Crippen molar-refractivity contribution in [3.05, 3.63) is 35.4 Å². The molecule has 0 radical (unpaired) electrons. The SMILES string of the molecule is CC(C)(C)CCC(=O)c1ccccc1C(F)(F)F. The Labute approximate surface area is 105 Å². The molecule has 0 N–H and O–H groups in total. The lowest BCUT2D eigenvalue weighted by Gasteiger charge is -2.18. The van der Waals surface area contributed by atoms with Crippen molar-refractivity contribution in [3.63, 3.8) is 0 Å². The van der Waals surface area contributed by atoms with Gasteiger partial charge < -0.3 is 0 Å². The van der Waals surface area contributed by atoms with Crippen molar-refractivity contribution in [2.45, 2.75) is 39.8 Å². The molecule has 0 heterocycles. The van der Waals surface area contributed by atoms with Gasteiger partial charge in [0.1, 0.15) is 0 Å². The van der Waals surface area contributed by atoms with Crippen molar-refractivity contribution in [1.29, 1.82) is 0 Å². The van der Waals surface area contributed by atoms with Gasteiger partial charge >= 0.3 is 6.18 Å². The van der Waals surface area contributed by atoms with Gasteiger partial charge in [0.15, 0.2) is 5.78 Å². The number of carbonyl (C=O) groups excluding carboxylic acids is 1. The summed E-state index contributed by atoms with van der Waals surface area (Å²) in [6.45, 7) is 5.86. The Morgan fingerprint density at radius 2 is 1.67 bits per heavy atom. The van der Waals surface area contributed by atoms with Crippen LogP contribution in [0.15, 0.2) is 24.3 Å². The second-order valence-corrected chi connectivity index (χ2v) is 5.53. The van der Waals surface area contributed by atoms with Gasteiger partial charge in [-0.1, -0.05) is 39.0 Å². The molecule has 0 fully saturated rings. The van der Waals surface area contributed by atoms with Crippen molar-refractivity contribution in [3.8, 4) is 0 Å². The van der Waals surface area contributed by atoms with Gasteiger partial charge in [-0.05, 0) is 17.9 Å². The molecule has 0 bridgehead atoms. The van der Waals surface area contributed by atoms with E-state index in [9.17, 15) is 18.0 Å². The largest absolute Gasteiger partial charge is 0.417 e. The molecule has 0 unspecified atom stereocenters. The summed E-state index contributed by atoms with van der Waals surface area (Å²) in [4.78, 5) is 11.9. The van der Waals surface area contributed by atoms with E-state index >= 15 is 0 Å². The first kappa shape index (κ1) is 14.7. The Kier molecular flexibility index (Phi) is 4.20. The summed E-state index contributed by atoms with van der Waals surface area (Å²) >= 11 is 0. The van der Waals surface area contributed by atoms with E-state index in [2.05, 4.69) is 0 Å². The molecule has 1 rings (SSSR count). The van der Waals surface area contributed by atoms with Crippen LogP contribution in [0.1, 0.15) is 49.5 Å². The van der Waals surface area contributed by atoms with Crippen molar-refractivity contribution in [1.82, 2.24) is 0 Å². The quantitative estimate of drug-likeness (QED) is 0.717. The molecular formula is C14H17F3O. The smallest absolute Gasteiger partial charge is 0.294 e. The van der Waals surface area contributed by atoms with Gasteiger partial charge in [0.2, 0.25) is 0 Å². The topological polar surface area (TPSA) is 17.1 Å². The van der Waals surface area contributed by atoms with E-state index in [0.717, 1.165) is 6.07 Å². The molecule has 0 saturated carbocycles. The molecule has 18 heavy (non-hydrogen) atoms. The summed E-state index contributed by atoms with van der Waals surface area (Å²) in [5, 5.41) is 0. The molecule has 0 spiro atoms. The summed E-state index contributed by atoms with van der Waals surface area (Å²) in [6, 6.07) is 4.95. The van der Waals surface area contributed by atoms with E-state index in [4.69, 9.17) is 0 Å². The van der Waals surface area contributed by atoms with Crippen LogP contribution in [0.4, 0.5) is 13.2 Å². The first-order valence-corrected chi connectivity index (χ1v) is 5.81. The predicted octanol–water partition coefficient (Wildman–Crippen LogP) is 4.71. The summed E-state index contributed by atoms with van der Waals surface area (Å²) in [5.41, 5.74) is -1.14. The maximum absolute atomic E-state index is 12.7. The number of alkyl halides is 3. The average molecular weight is 258 g/mol. The Morgan fingerprint density at radius 3 is 2.17 bits per heavy atom. The maximum atomic E-state index is 12.7. The Morgan fingerprint density at radius 1 is 1.11 bits per heavy atom. The lowest BCUT2D eigenvalue weighted by molar-refractivity contribution is -0.137. The minimum atomic E-state index is -4.48. The first-order chi connectivity index (χ1) is 8.11. The monoisotopic (exact) mass is 258 g/mol. The summed E-state index contributed by atoms with van der Waals surface area (Å²) in [7, 11) is 0. The molecule has 0 aliphatic rings. The number of ketones is 1. The third-order valence-corrected chi connectivity index (χ3v) is 2.63. The fourth-order valence-corrected chi connectivity index (χ4v) is 1.60. The number of Topliss-reactive ketones (excluding diaryl/α,β-unsaturated/α-hetero) is 1. The minimum absolute atomic E-state index is 0.0666. The number of benzene rings is 1. The van der Waals surface area contributed by atoms with Gasteiger partial charge in [-0.15, -0.1) is 0 Å². The summed E-state index contributed by atoms with van der Waals surface area (Å²) < 4.78 is 38.2. The van der Waals surface area contributed by atoms with Crippen LogP contribution in [-0.4, -0.2) is 5.78 Å². The van der Waals surface area contributed by atoms with Crippen LogP contribution < -0.4 is 0 Å². The standard InChI is InChI=1S/C14H17F3O/c1-13(2,3)9-8-12(18)10-6-4-5-7-11(10)14(15,16)17/h4-7H,8-9H2,1-3H3. The zero-order valence-corrected chi connectivity index (χ0v) is 10.8. The van der Waals surface area contributed by atoms with Gasteiger partial charge in [0.05, 0.1) is 5.56 Å². The maximum Gasteiger partial charge on any atom is 0.417 e. The van der Waals surface area contributed by atoms with E-state index in [1.54, 1.807) is 0 Å². The van der Waals surface area contributed by atoms with Gasteiger partial charge in [-0.2, -0.15) is 13.2 Å². The van der Waals surface area contributed by atoms with E-state index in [1.807, 2.05) is 20.8 Å². The second kappa shape index (κ2) is 5.12. The second-order valence-electron chi connectivity index (χ2n) is 5.53. The van der Waals surface area contributed by atoms with Crippen LogP contribution in [0.3, 0.4) is 0 Å². The third kappa shape index (κ3) is 4.17. The van der Waals surface area contributed by atoms with Crippen molar-refractivity contribution in [2.75, 3.05) is 0 Å². The van der Waals surface area contributed by atoms with Gasteiger partial charge in [0, 0.05) is 12.0 Å². The van der Waals surface area contributed by atoms with Crippen LogP contribution in [-0.2, 0) is 6.18 Å². The van der Waals surface area contributed by atoms with Gasteiger partial charge in [-0.25, -0.2) is 0 Å². The fourth-order valence-electron chi connectivity index (χ4n) is 1.60. The molecule has 0 saturated heterocycles. The lowest BCUT2D eigenvalue weighted by atomic mass is 9.88. The highest BCUT2D eigenvalue weighted by Gasteiger charge is 2.34. The molecule has 0 atom stereocenters. The van der Waals surface area contributed by atoms with E-state index in [-0.39, 0.29) is 17.4 Å². The molecule has 0 aromatic heterocycles. The van der Waals surface area contributed by atoms with E-state index in [1.165, 1.54) is 18.2 Å². The Balaban J connectivity index is 2.93. The fraction of sp³-hybridized carbons (Fsp3) is 0.500. The van der Waals surface area contributed by atoms with Crippen molar-refractivity contribution in [2.24, 2.45) is 5.41 Å². The number of carbonyl (C=O) groups is 1. The van der Waals surface area contributed by atoms with Crippen molar-refractivity contribution < 1.29 is 18.0 Å². The first-order valence-electron chi connectivity index (χ1n) is 5.81. The van der Waals surface area contributed by atoms with Gasteiger partial charge in [-0.3, -0.25) is 4.79 Å². The average Bonchev–Trinajstić information content (AvgIpc) is 2.24. The molecule has 100 valence electrons. The molecule has 0 aliphatic heterocycles. The van der Waals surface area contributed by atoms with Crippen LogP contribution >= 0.6 is 0 Å². The molecule has 1 aromatic rings. The third-order valence-electron chi connectivity index (χ3n) is 2.63. The van der Waals surface area contributed by atoms with Crippen LogP contribution in [0, 0.1) is 5.41 Å². The molecule has 0 amide bonds. The molecule has 1 aromatic carbocycles. The number of halogens is 3. The molecule has 1 nitrogen and oxygen atoms in total. The van der Waals surface area contributed by atoms with Crippen LogP contribution in [0.5, 0.6) is 0 Å². The highest BCUT2D eigenvalue weighted by Crippen LogP contribution is 2.33. The Hall–Kier alpha value is -1.32. The number of rotatable bonds is 3. The predicted molar refractivity (Wildman–Crippen MR) is 64.5 cm³/mol. The highest BCUT2D eigenvalue weighted by atomic mass is 19.4. The van der Waals surface area contributed by atoms with Gasteiger partial charge in [0.25, 0.3) is 0 Å². The zero-order valence-electron chi connectivity index (χ0n) is 10.8. The molecule has 0 aliphatic carbocycles. The normalized spacial score (nSPS) is 12.6. The van der Waals surface area contributed by atoms with Crippen LogP contribution in [0.2, 0.25) is 0 Å². The van der Waals surface area contributed by atoms with E-state index < -0.39 is 17.5 Å². The van der Waals surface area contributed by atoms with E-state index in [0.29, 0.717) is 6.42 Å². The summed E-state index contributed by atoms with van der Waals surface area (Å²) in [5.74, 6) is -0.446. The molecule has 4 heteroatoms. The number of hydrogen-bond acceptors (Lipinski definition) is 1. The minimum Gasteiger partial charge on any atom is -0.294 e. The summed E-state index contributed by atoms with van der Waals surface area (Å²) in [6.07, 6.45) is -3.78. The number of hydrogen-bond donors (Lipinski definition) is 0.